The van der Waals surface area contributed by atoms with Crippen LogP contribution >= 0.6 is 12.4 Å². The average molecular weight is 277 g/mol. The van der Waals surface area contributed by atoms with Crippen LogP contribution in [-0.4, -0.2) is 32.7 Å². The smallest absolute Gasteiger partial charge is 0.238 e. The highest BCUT2D eigenvalue weighted by Gasteiger charge is 2.08. The quantitative estimate of drug-likeness (QED) is 0.778. The van der Waals surface area contributed by atoms with Gasteiger partial charge in [0.2, 0.25) is 5.91 Å². The van der Waals surface area contributed by atoms with Crippen molar-refractivity contribution in [3.05, 3.63) is 29.6 Å². The number of rotatable bonds is 6. The molecule has 0 heterocycles. The lowest BCUT2D eigenvalue weighted by molar-refractivity contribution is -0.115. The molecule has 0 spiro atoms. The van der Waals surface area contributed by atoms with Crippen LogP contribution < -0.4 is 10.6 Å². The molecule has 0 atom stereocenters. The number of methoxy groups -OCH3 is 1. The maximum atomic E-state index is 13.4. The SMILES string of the molecule is COCCNCC(=O)Nc1c(C)cccc1F.Cl. The lowest BCUT2D eigenvalue weighted by atomic mass is 10.2. The van der Waals surface area contributed by atoms with Crippen LogP contribution in [0.4, 0.5) is 10.1 Å². The van der Waals surface area contributed by atoms with Crippen LogP contribution in [-0.2, 0) is 9.53 Å². The van der Waals surface area contributed by atoms with Crippen molar-refractivity contribution in [1.29, 1.82) is 0 Å². The van der Waals surface area contributed by atoms with E-state index < -0.39 is 5.82 Å². The van der Waals surface area contributed by atoms with E-state index in [4.69, 9.17) is 4.74 Å². The number of hydrogen-bond acceptors (Lipinski definition) is 3. The number of benzene rings is 1. The Bertz CT molecular complexity index is 368. The summed E-state index contributed by atoms with van der Waals surface area (Å²) < 4.78 is 18.2. The zero-order valence-electron chi connectivity index (χ0n) is 10.5. The monoisotopic (exact) mass is 276 g/mol. The van der Waals surface area contributed by atoms with Gasteiger partial charge in [-0.3, -0.25) is 4.79 Å². The second kappa shape index (κ2) is 8.85. The minimum atomic E-state index is -0.421. The molecular weight excluding hydrogens is 259 g/mol. The molecular formula is C12H18ClFN2O2. The fourth-order valence-electron chi connectivity index (χ4n) is 1.35. The Morgan fingerprint density at radius 2 is 2.17 bits per heavy atom. The number of aryl methyl sites for hydroxylation is 1. The van der Waals surface area contributed by atoms with Crippen molar-refractivity contribution in [2.45, 2.75) is 6.92 Å². The third kappa shape index (κ3) is 5.44. The van der Waals surface area contributed by atoms with Gasteiger partial charge in [0.1, 0.15) is 5.82 Å². The lowest BCUT2D eigenvalue weighted by Gasteiger charge is -2.09. The second-order valence-corrected chi connectivity index (χ2v) is 3.65. The summed E-state index contributed by atoms with van der Waals surface area (Å²) in [5.74, 6) is -0.690. The van der Waals surface area contributed by atoms with Gasteiger partial charge in [0, 0.05) is 13.7 Å². The number of anilines is 1. The number of carbonyl (C=O) groups excluding carboxylic acids is 1. The Morgan fingerprint density at radius 3 is 2.78 bits per heavy atom. The Hall–Kier alpha value is -1.17. The summed E-state index contributed by atoms with van der Waals surface area (Å²) in [7, 11) is 1.59. The summed E-state index contributed by atoms with van der Waals surface area (Å²) in [4.78, 5) is 11.5. The maximum Gasteiger partial charge on any atom is 0.238 e. The Morgan fingerprint density at radius 1 is 1.44 bits per heavy atom. The largest absolute Gasteiger partial charge is 0.383 e. The van der Waals surface area contributed by atoms with E-state index in [1.54, 1.807) is 26.2 Å². The third-order valence-electron chi connectivity index (χ3n) is 2.25. The predicted molar refractivity (Wildman–Crippen MR) is 71.8 cm³/mol. The zero-order chi connectivity index (χ0) is 12.7. The zero-order valence-corrected chi connectivity index (χ0v) is 11.3. The molecule has 1 aromatic rings. The Balaban J connectivity index is 0.00000289. The fraction of sp³-hybridized carbons (Fsp3) is 0.417. The molecule has 102 valence electrons. The van der Waals surface area contributed by atoms with Gasteiger partial charge in [0.15, 0.2) is 0 Å². The number of para-hydroxylation sites is 1. The lowest BCUT2D eigenvalue weighted by Crippen LogP contribution is -2.30. The molecule has 0 radical (unpaired) electrons. The number of nitrogens with one attached hydrogen (secondary N) is 2. The predicted octanol–water partition coefficient (Wildman–Crippen LogP) is 1.73. The van der Waals surface area contributed by atoms with Gasteiger partial charge in [-0.2, -0.15) is 0 Å². The van der Waals surface area contributed by atoms with E-state index in [-0.39, 0.29) is 30.5 Å². The molecule has 0 saturated carbocycles. The van der Waals surface area contributed by atoms with E-state index >= 15 is 0 Å². The van der Waals surface area contributed by atoms with Crippen molar-refractivity contribution < 1.29 is 13.9 Å². The number of ether oxygens (including phenoxy) is 1. The summed E-state index contributed by atoms with van der Waals surface area (Å²) in [5, 5.41) is 5.42. The molecule has 0 saturated heterocycles. The molecule has 0 unspecified atom stereocenters. The first-order chi connectivity index (χ1) is 8.15. The number of carbonyl (C=O) groups is 1. The molecule has 0 aliphatic rings. The van der Waals surface area contributed by atoms with Gasteiger partial charge in [-0.15, -0.1) is 12.4 Å². The van der Waals surface area contributed by atoms with Gasteiger partial charge in [-0.05, 0) is 18.6 Å². The summed E-state index contributed by atoms with van der Waals surface area (Å²) >= 11 is 0. The highest BCUT2D eigenvalue weighted by molar-refractivity contribution is 5.93. The van der Waals surface area contributed by atoms with E-state index in [1.807, 2.05) is 0 Å². The summed E-state index contributed by atoms with van der Waals surface area (Å²) in [6, 6.07) is 4.68. The van der Waals surface area contributed by atoms with Gasteiger partial charge in [0.25, 0.3) is 0 Å². The number of amides is 1. The first-order valence-electron chi connectivity index (χ1n) is 5.39. The first kappa shape index (κ1) is 16.8. The molecule has 6 heteroatoms. The topological polar surface area (TPSA) is 50.4 Å². The molecule has 0 aliphatic carbocycles. The number of halogens is 2. The van der Waals surface area contributed by atoms with Crippen molar-refractivity contribution in [2.24, 2.45) is 0 Å². The van der Waals surface area contributed by atoms with Crippen molar-refractivity contribution in [3.8, 4) is 0 Å². The fourth-order valence-corrected chi connectivity index (χ4v) is 1.35. The molecule has 0 aromatic heterocycles. The van der Waals surface area contributed by atoms with E-state index in [0.717, 1.165) is 0 Å². The molecule has 2 N–H and O–H groups in total. The van der Waals surface area contributed by atoms with Gasteiger partial charge < -0.3 is 15.4 Å². The summed E-state index contributed by atoms with van der Waals surface area (Å²) in [6.07, 6.45) is 0. The highest BCUT2D eigenvalue weighted by Crippen LogP contribution is 2.18. The molecule has 0 bridgehead atoms. The molecule has 1 aromatic carbocycles. The van der Waals surface area contributed by atoms with Gasteiger partial charge in [-0.25, -0.2) is 4.39 Å². The summed E-state index contributed by atoms with van der Waals surface area (Å²) in [5.41, 5.74) is 0.946. The molecule has 4 nitrogen and oxygen atoms in total. The van der Waals surface area contributed by atoms with E-state index in [2.05, 4.69) is 10.6 Å². The maximum absolute atomic E-state index is 13.4. The summed E-state index contributed by atoms with van der Waals surface area (Å²) in [6.45, 7) is 3.00. The van der Waals surface area contributed by atoms with Crippen LogP contribution in [0, 0.1) is 12.7 Å². The Labute approximate surface area is 112 Å². The second-order valence-electron chi connectivity index (χ2n) is 3.65. The minimum Gasteiger partial charge on any atom is -0.383 e. The van der Waals surface area contributed by atoms with Crippen LogP contribution in [0.25, 0.3) is 0 Å². The van der Waals surface area contributed by atoms with E-state index in [9.17, 15) is 9.18 Å². The van der Waals surface area contributed by atoms with Gasteiger partial charge >= 0.3 is 0 Å². The first-order valence-corrected chi connectivity index (χ1v) is 5.39. The standard InChI is InChI=1S/C12H17FN2O2.ClH/c1-9-4-3-5-10(13)12(9)15-11(16)8-14-6-7-17-2;/h3-5,14H,6-8H2,1-2H3,(H,15,16);1H. The third-order valence-corrected chi connectivity index (χ3v) is 2.25. The van der Waals surface area contributed by atoms with Gasteiger partial charge in [0.05, 0.1) is 18.8 Å². The van der Waals surface area contributed by atoms with E-state index in [0.29, 0.717) is 18.7 Å². The molecule has 0 fully saturated rings. The van der Waals surface area contributed by atoms with Crippen molar-refractivity contribution in [2.75, 3.05) is 32.1 Å². The molecule has 1 rings (SSSR count). The number of hydrogen-bond donors (Lipinski definition) is 2. The van der Waals surface area contributed by atoms with Crippen molar-refractivity contribution in [3.63, 3.8) is 0 Å². The average Bonchev–Trinajstić information content (AvgIpc) is 2.30. The highest BCUT2D eigenvalue weighted by atomic mass is 35.5. The van der Waals surface area contributed by atoms with Crippen molar-refractivity contribution in [1.82, 2.24) is 5.32 Å². The molecule has 1 amide bonds. The molecule has 0 aliphatic heterocycles. The van der Waals surface area contributed by atoms with Crippen LogP contribution in [0.5, 0.6) is 0 Å². The molecule has 18 heavy (non-hydrogen) atoms. The van der Waals surface area contributed by atoms with Crippen LogP contribution in [0.15, 0.2) is 18.2 Å². The van der Waals surface area contributed by atoms with Crippen LogP contribution in [0.3, 0.4) is 0 Å². The van der Waals surface area contributed by atoms with Crippen molar-refractivity contribution >= 4 is 24.0 Å². The van der Waals surface area contributed by atoms with Crippen LogP contribution in [0.1, 0.15) is 5.56 Å². The van der Waals surface area contributed by atoms with Crippen LogP contribution in [0.2, 0.25) is 0 Å². The minimum absolute atomic E-state index is 0. The Kier molecular flexibility index (Phi) is 8.28. The normalized spacial score (nSPS) is 9.72. The van der Waals surface area contributed by atoms with E-state index in [1.165, 1.54) is 6.07 Å². The van der Waals surface area contributed by atoms with Gasteiger partial charge in [-0.1, -0.05) is 12.1 Å².